The number of urea groups is 1. The number of halogens is 1. The molecule has 0 saturated carbocycles. The van der Waals surface area contributed by atoms with Crippen LogP contribution in [-0.4, -0.2) is 73.1 Å². The maximum atomic E-state index is 13.0. The van der Waals surface area contributed by atoms with E-state index in [1.807, 2.05) is 36.4 Å². The van der Waals surface area contributed by atoms with Gasteiger partial charge in [0.1, 0.15) is 12.1 Å². The number of carbonyl (C=O) groups excluding carboxylic acids is 5. The highest BCUT2D eigenvalue weighted by Gasteiger charge is 2.28. The van der Waals surface area contributed by atoms with Gasteiger partial charge in [0.2, 0.25) is 23.6 Å². The van der Waals surface area contributed by atoms with Gasteiger partial charge in [0.25, 0.3) is 0 Å². The number of nitrogens with two attached hydrogens (primary N) is 1. The minimum atomic E-state index is -0.859. The zero-order valence-electron chi connectivity index (χ0n) is 21.0. The molecule has 0 aliphatic heterocycles. The molecule has 35 heavy (non-hydrogen) atoms. The normalized spacial score (nSPS) is 13.3. The molecule has 6 amide bonds. The SMILES string of the molecule is [B]C[C@H](C)NC(=O)[C@H](CCCNC(N)=O)NC(=O)C(NC(=O)CCCCCNC(=O)CI)C(C)C. The highest BCUT2D eigenvalue weighted by Crippen LogP contribution is 2.07. The fourth-order valence-corrected chi connectivity index (χ4v) is 3.36. The Kier molecular flexibility index (Phi) is 18.0. The summed E-state index contributed by atoms with van der Waals surface area (Å²) in [6.07, 6.45) is 3.35. The van der Waals surface area contributed by atoms with Crippen molar-refractivity contribution in [2.24, 2.45) is 11.7 Å². The molecule has 0 aromatic rings. The summed E-state index contributed by atoms with van der Waals surface area (Å²) in [7, 11) is 5.58. The first-order valence-corrected chi connectivity index (χ1v) is 13.5. The van der Waals surface area contributed by atoms with Crippen molar-refractivity contribution in [3.63, 3.8) is 0 Å². The van der Waals surface area contributed by atoms with Crippen LogP contribution in [0.4, 0.5) is 4.79 Å². The van der Waals surface area contributed by atoms with Gasteiger partial charge in [-0.1, -0.05) is 49.2 Å². The molecule has 0 aliphatic carbocycles. The second-order valence-corrected chi connectivity index (χ2v) is 9.49. The molecule has 0 rings (SSSR count). The number of rotatable bonds is 18. The predicted molar refractivity (Wildman–Crippen MR) is 144 cm³/mol. The Morgan fingerprint density at radius 2 is 1.49 bits per heavy atom. The number of hydrogen-bond acceptors (Lipinski definition) is 5. The number of hydrogen-bond donors (Lipinski definition) is 6. The zero-order chi connectivity index (χ0) is 26.8. The molecule has 1 unspecified atom stereocenters. The van der Waals surface area contributed by atoms with E-state index in [2.05, 4.69) is 26.6 Å². The molecule has 0 saturated heterocycles. The lowest BCUT2D eigenvalue weighted by Gasteiger charge is -2.26. The summed E-state index contributed by atoms with van der Waals surface area (Å²) in [6, 6.07) is -2.61. The van der Waals surface area contributed by atoms with Gasteiger partial charge in [-0.15, -0.1) is 0 Å². The number of amides is 6. The van der Waals surface area contributed by atoms with Gasteiger partial charge in [0.05, 0.1) is 12.3 Å². The molecule has 198 valence electrons. The van der Waals surface area contributed by atoms with Crippen LogP contribution in [0.3, 0.4) is 0 Å². The van der Waals surface area contributed by atoms with Gasteiger partial charge in [0.15, 0.2) is 0 Å². The van der Waals surface area contributed by atoms with E-state index in [-0.39, 0.29) is 55.4 Å². The smallest absolute Gasteiger partial charge is 0.312 e. The summed E-state index contributed by atoms with van der Waals surface area (Å²) >= 11 is 1.99. The summed E-state index contributed by atoms with van der Waals surface area (Å²) in [5.41, 5.74) is 5.06. The van der Waals surface area contributed by atoms with Crippen LogP contribution in [0.5, 0.6) is 0 Å². The first-order chi connectivity index (χ1) is 16.5. The molecular formula is C22H40BIN6O5. The summed E-state index contributed by atoms with van der Waals surface area (Å²) in [6.45, 7) is 6.19. The molecule has 2 radical (unpaired) electrons. The maximum absolute atomic E-state index is 13.0. The van der Waals surface area contributed by atoms with Crippen LogP contribution in [0.1, 0.15) is 59.3 Å². The molecule has 0 spiro atoms. The van der Waals surface area contributed by atoms with E-state index >= 15 is 0 Å². The van der Waals surface area contributed by atoms with Crippen molar-refractivity contribution in [1.82, 2.24) is 26.6 Å². The molecule has 3 atom stereocenters. The van der Waals surface area contributed by atoms with Crippen molar-refractivity contribution in [1.29, 1.82) is 0 Å². The lowest BCUT2D eigenvalue weighted by Crippen LogP contribution is -2.56. The first-order valence-electron chi connectivity index (χ1n) is 12.0. The van der Waals surface area contributed by atoms with Crippen molar-refractivity contribution in [2.45, 2.75) is 83.7 Å². The fourth-order valence-electron chi connectivity index (χ4n) is 3.09. The molecule has 0 heterocycles. The van der Waals surface area contributed by atoms with Crippen LogP contribution in [0.15, 0.2) is 0 Å². The Balaban J connectivity index is 4.85. The molecule has 0 aromatic carbocycles. The highest BCUT2D eigenvalue weighted by atomic mass is 127. The van der Waals surface area contributed by atoms with Gasteiger partial charge >= 0.3 is 6.03 Å². The number of carbonyl (C=O) groups is 5. The van der Waals surface area contributed by atoms with E-state index in [0.29, 0.717) is 23.8 Å². The highest BCUT2D eigenvalue weighted by molar-refractivity contribution is 14.1. The predicted octanol–water partition coefficient (Wildman–Crippen LogP) is 0.264. The summed E-state index contributed by atoms with van der Waals surface area (Å²) in [4.78, 5) is 60.2. The van der Waals surface area contributed by atoms with Crippen LogP contribution in [-0.2, 0) is 19.2 Å². The van der Waals surface area contributed by atoms with Crippen LogP contribution < -0.4 is 32.3 Å². The Labute approximate surface area is 223 Å². The van der Waals surface area contributed by atoms with Crippen LogP contribution >= 0.6 is 22.6 Å². The van der Waals surface area contributed by atoms with Gasteiger partial charge in [-0.05, 0) is 38.5 Å². The topological polar surface area (TPSA) is 172 Å². The number of unbranched alkanes of at least 4 members (excludes halogenated alkanes) is 2. The van der Waals surface area contributed by atoms with E-state index in [9.17, 15) is 24.0 Å². The van der Waals surface area contributed by atoms with Crippen molar-refractivity contribution >= 4 is 60.1 Å². The summed E-state index contributed by atoms with van der Waals surface area (Å²) < 4.78 is 0.414. The average molecular weight is 606 g/mol. The fraction of sp³-hybridized carbons (Fsp3) is 0.773. The summed E-state index contributed by atoms with van der Waals surface area (Å²) in [5.74, 6) is -1.32. The largest absolute Gasteiger partial charge is 0.355 e. The van der Waals surface area contributed by atoms with Gasteiger partial charge in [-0.3, -0.25) is 19.2 Å². The van der Waals surface area contributed by atoms with Crippen molar-refractivity contribution < 1.29 is 24.0 Å². The van der Waals surface area contributed by atoms with Crippen molar-refractivity contribution in [3.8, 4) is 0 Å². The van der Waals surface area contributed by atoms with Gasteiger partial charge in [-0.25, -0.2) is 4.79 Å². The zero-order valence-corrected chi connectivity index (χ0v) is 23.1. The number of nitrogens with one attached hydrogen (secondary N) is 5. The molecule has 0 bridgehead atoms. The lowest BCUT2D eigenvalue weighted by atomic mass is 9.98. The average Bonchev–Trinajstić information content (AvgIpc) is 2.80. The van der Waals surface area contributed by atoms with Crippen molar-refractivity contribution in [2.75, 3.05) is 17.5 Å². The van der Waals surface area contributed by atoms with Crippen molar-refractivity contribution in [3.05, 3.63) is 0 Å². The van der Waals surface area contributed by atoms with Gasteiger partial charge < -0.3 is 32.3 Å². The van der Waals surface area contributed by atoms with E-state index in [1.54, 1.807) is 6.92 Å². The third kappa shape index (κ3) is 16.3. The van der Waals surface area contributed by atoms with E-state index < -0.39 is 24.0 Å². The maximum Gasteiger partial charge on any atom is 0.312 e. The molecule has 11 nitrogen and oxygen atoms in total. The minimum absolute atomic E-state index is 0.0114. The Morgan fingerprint density at radius 3 is 2.06 bits per heavy atom. The molecular weight excluding hydrogens is 566 g/mol. The quantitative estimate of drug-likeness (QED) is 0.0568. The summed E-state index contributed by atoms with van der Waals surface area (Å²) in [5, 5.41) is 13.5. The standard InChI is InChI=1S/C22H40BIN6O5/c1-14(2)19(30-17(31)9-5-4-6-10-26-18(32)13-24)21(34)29-16(8-7-11-27-22(25)35)20(33)28-15(3)12-23/h14-16,19H,4-13H2,1-3H3,(H,26,32)(H,28,33)(H,29,34)(H,30,31)(H3,25,27,35)/t15-,16-,19?/m0/s1. The monoisotopic (exact) mass is 606 g/mol. The number of alkyl halides is 1. The van der Waals surface area contributed by atoms with Crippen LogP contribution in [0.2, 0.25) is 6.32 Å². The van der Waals surface area contributed by atoms with Gasteiger partial charge in [-0.2, -0.15) is 0 Å². The minimum Gasteiger partial charge on any atom is -0.355 e. The Morgan fingerprint density at radius 1 is 0.829 bits per heavy atom. The third-order valence-corrected chi connectivity index (χ3v) is 5.83. The molecule has 7 N–H and O–H groups in total. The van der Waals surface area contributed by atoms with Crippen LogP contribution in [0.25, 0.3) is 0 Å². The number of primary amides is 1. The third-order valence-electron chi connectivity index (χ3n) is 5.13. The molecule has 13 heteroatoms. The van der Waals surface area contributed by atoms with E-state index in [1.165, 1.54) is 0 Å². The van der Waals surface area contributed by atoms with Gasteiger partial charge in [0, 0.05) is 25.6 Å². The second-order valence-electron chi connectivity index (χ2n) is 8.72. The molecule has 0 fully saturated rings. The molecule has 0 aromatic heterocycles. The Bertz CT molecular complexity index is 697. The first kappa shape index (κ1) is 32.9. The van der Waals surface area contributed by atoms with E-state index in [0.717, 1.165) is 12.8 Å². The van der Waals surface area contributed by atoms with Crippen LogP contribution in [0, 0.1) is 5.92 Å². The second kappa shape index (κ2) is 19.2. The Hall–Kier alpha value is -2.06. The van der Waals surface area contributed by atoms with E-state index in [4.69, 9.17) is 13.6 Å². The molecule has 0 aliphatic rings. The lowest BCUT2D eigenvalue weighted by molar-refractivity contribution is -0.133.